The molecule has 4 aromatic carbocycles. The molecule has 0 spiro atoms. The van der Waals surface area contributed by atoms with Crippen molar-refractivity contribution in [1.29, 1.82) is 5.26 Å². The lowest BCUT2D eigenvalue weighted by Crippen LogP contribution is -2.21. The minimum absolute atomic E-state index is 0.00771. The van der Waals surface area contributed by atoms with Gasteiger partial charge in [-0.05, 0) is 60.5 Å². The predicted molar refractivity (Wildman–Crippen MR) is 146 cm³/mol. The fourth-order valence-electron chi connectivity index (χ4n) is 4.34. The molecule has 7 heteroatoms. The average molecular weight is 519 g/mol. The van der Waals surface area contributed by atoms with Crippen molar-refractivity contribution in [3.63, 3.8) is 0 Å². The molecule has 39 heavy (non-hydrogen) atoms. The Balaban J connectivity index is 1.36. The summed E-state index contributed by atoms with van der Waals surface area (Å²) < 4.78 is 22.4. The molecule has 1 aliphatic heterocycles. The summed E-state index contributed by atoms with van der Waals surface area (Å²) in [5.74, 6) is 1.10. The summed E-state index contributed by atoms with van der Waals surface area (Å²) in [6.45, 7) is 2.50. The average Bonchev–Trinajstić information content (AvgIpc) is 2.96. The molecule has 1 heterocycles. The number of hydrogen-bond donors (Lipinski definition) is 1. The summed E-state index contributed by atoms with van der Waals surface area (Å²) >= 11 is 0. The van der Waals surface area contributed by atoms with Gasteiger partial charge in [0.05, 0.1) is 18.6 Å². The number of nitrogens with two attached hydrogens (primary N) is 1. The second-order valence-electron chi connectivity index (χ2n) is 9.09. The third kappa shape index (κ3) is 5.55. The molecule has 0 bridgehead atoms. The number of ether oxygens (including phenoxy) is 4. The molecule has 0 saturated heterocycles. The first kappa shape index (κ1) is 25.4. The molecule has 0 fully saturated rings. The first-order valence-electron chi connectivity index (χ1n) is 12.3. The molecule has 4 aromatic rings. The summed E-state index contributed by atoms with van der Waals surface area (Å²) in [4.78, 5) is 12.6. The number of rotatable bonds is 7. The zero-order valence-corrected chi connectivity index (χ0v) is 21.5. The molecule has 5 rings (SSSR count). The molecule has 1 aliphatic rings. The maximum atomic E-state index is 12.6. The van der Waals surface area contributed by atoms with Crippen molar-refractivity contribution < 1.29 is 23.7 Å². The van der Waals surface area contributed by atoms with E-state index in [1.54, 1.807) is 49.6 Å². The van der Waals surface area contributed by atoms with E-state index in [2.05, 4.69) is 18.2 Å². The Kier molecular flexibility index (Phi) is 7.19. The topological polar surface area (TPSA) is 104 Å². The highest BCUT2D eigenvalue weighted by atomic mass is 16.5. The Morgan fingerprint density at radius 2 is 1.59 bits per heavy atom. The Hall–Kier alpha value is -5.22. The summed E-state index contributed by atoms with van der Waals surface area (Å²) in [7, 11) is 1.56. The van der Waals surface area contributed by atoms with Crippen LogP contribution in [0.2, 0.25) is 0 Å². The van der Waals surface area contributed by atoms with Crippen molar-refractivity contribution in [2.75, 3.05) is 7.11 Å². The number of nitriles is 1. The number of aryl methyl sites for hydroxylation is 1. The van der Waals surface area contributed by atoms with Gasteiger partial charge in [-0.2, -0.15) is 5.26 Å². The zero-order chi connectivity index (χ0) is 27.4. The zero-order valence-electron chi connectivity index (χ0n) is 21.5. The molecule has 0 amide bonds. The fourth-order valence-corrected chi connectivity index (χ4v) is 4.34. The first-order chi connectivity index (χ1) is 18.9. The maximum absolute atomic E-state index is 12.6. The van der Waals surface area contributed by atoms with Crippen molar-refractivity contribution in [1.82, 2.24) is 0 Å². The molecule has 7 nitrogen and oxygen atoms in total. The van der Waals surface area contributed by atoms with E-state index < -0.39 is 11.9 Å². The number of carbonyl (C=O) groups excluding carboxylic acids is 1. The summed E-state index contributed by atoms with van der Waals surface area (Å²) in [6, 6.07) is 29.6. The Morgan fingerprint density at radius 1 is 0.923 bits per heavy atom. The number of allylic oxidation sites excluding steroid dienone is 1. The number of hydrogen-bond acceptors (Lipinski definition) is 7. The number of benzene rings is 4. The van der Waals surface area contributed by atoms with Crippen LogP contribution in [0.4, 0.5) is 0 Å². The van der Waals surface area contributed by atoms with Gasteiger partial charge in [0.1, 0.15) is 41.2 Å². The smallest absolute Gasteiger partial charge is 0.343 e. The van der Waals surface area contributed by atoms with E-state index in [0.717, 1.165) is 16.7 Å². The molecular weight excluding hydrogens is 492 g/mol. The summed E-state index contributed by atoms with van der Waals surface area (Å²) in [5.41, 5.74) is 10.7. The molecular formula is C32H26N2O5. The molecule has 0 saturated carbocycles. The number of esters is 1. The number of carbonyl (C=O) groups is 1. The van der Waals surface area contributed by atoms with E-state index in [4.69, 9.17) is 24.7 Å². The minimum atomic E-state index is -0.521. The van der Waals surface area contributed by atoms with Gasteiger partial charge in [0, 0.05) is 11.6 Å². The summed E-state index contributed by atoms with van der Waals surface area (Å²) in [6.07, 6.45) is 0. The van der Waals surface area contributed by atoms with Crippen LogP contribution in [0.25, 0.3) is 0 Å². The van der Waals surface area contributed by atoms with Crippen LogP contribution in [-0.2, 0) is 6.61 Å². The van der Waals surface area contributed by atoms with E-state index in [1.807, 2.05) is 43.3 Å². The van der Waals surface area contributed by atoms with Crippen molar-refractivity contribution in [2.45, 2.75) is 19.4 Å². The molecule has 0 aromatic heterocycles. The van der Waals surface area contributed by atoms with Gasteiger partial charge in [-0.1, -0.05) is 48.0 Å². The molecule has 1 unspecified atom stereocenters. The monoisotopic (exact) mass is 518 g/mol. The Labute approximate surface area is 226 Å². The molecule has 0 radical (unpaired) electrons. The maximum Gasteiger partial charge on any atom is 0.343 e. The van der Waals surface area contributed by atoms with Crippen LogP contribution in [0, 0.1) is 18.3 Å². The van der Waals surface area contributed by atoms with Crippen molar-refractivity contribution >= 4 is 5.97 Å². The Bertz CT molecular complexity index is 1570. The van der Waals surface area contributed by atoms with Gasteiger partial charge >= 0.3 is 5.97 Å². The van der Waals surface area contributed by atoms with Crippen LogP contribution >= 0.6 is 0 Å². The van der Waals surface area contributed by atoms with Crippen molar-refractivity contribution in [3.8, 4) is 29.1 Å². The minimum Gasteiger partial charge on any atom is -0.497 e. The Morgan fingerprint density at radius 3 is 2.26 bits per heavy atom. The SMILES string of the molecule is COc1ccc(C(=O)Oc2ccc3c(c2)OC(N)=C(C#N)C3c2ccc(OCc3ccc(C)cc3)cc2)cc1. The van der Waals surface area contributed by atoms with Crippen molar-refractivity contribution in [2.24, 2.45) is 5.73 Å². The predicted octanol–water partition coefficient (Wildman–Crippen LogP) is 6.02. The standard InChI is InChI=1S/C32H26N2O5/c1-20-3-5-21(6-4-20)19-37-25-13-7-22(8-14-25)30-27-16-15-26(17-29(27)39-31(34)28(30)18-33)38-32(35)23-9-11-24(36-2)12-10-23/h3-17,30H,19,34H2,1-2H3. The highest BCUT2D eigenvalue weighted by molar-refractivity contribution is 5.91. The quantitative estimate of drug-likeness (QED) is 0.236. The summed E-state index contributed by atoms with van der Waals surface area (Å²) in [5, 5.41) is 9.87. The van der Waals surface area contributed by atoms with Gasteiger partial charge in [0.2, 0.25) is 5.88 Å². The van der Waals surface area contributed by atoms with Gasteiger partial charge < -0.3 is 24.7 Å². The highest BCUT2D eigenvalue weighted by Crippen LogP contribution is 2.43. The number of fused-ring (bicyclic) bond motifs is 1. The third-order valence-electron chi connectivity index (χ3n) is 6.47. The van der Waals surface area contributed by atoms with E-state index in [9.17, 15) is 10.1 Å². The fraction of sp³-hybridized carbons (Fsp3) is 0.125. The van der Waals surface area contributed by atoms with E-state index in [0.29, 0.717) is 40.7 Å². The van der Waals surface area contributed by atoms with E-state index in [1.165, 1.54) is 5.56 Å². The number of methoxy groups -OCH3 is 1. The largest absolute Gasteiger partial charge is 0.497 e. The lowest BCUT2D eigenvalue weighted by Gasteiger charge is -2.26. The second kappa shape index (κ2) is 11.0. The van der Waals surface area contributed by atoms with E-state index >= 15 is 0 Å². The van der Waals surface area contributed by atoms with Gasteiger partial charge in [-0.3, -0.25) is 0 Å². The molecule has 1 atom stereocenters. The van der Waals surface area contributed by atoms with Gasteiger partial charge in [-0.15, -0.1) is 0 Å². The first-order valence-corrected chi connectivity index (χ1v) is 12.3. The molecule has 194 valence electrons. The van der Waals surface area contributed by atoms with Crippen LogP contribution in [0.15, 0.2) is 102 Å². The van der Waals surface area contributed by atoms with Gasteiger partial charge in [0.25, 0.3) is 0 Å². The molecule has 2 N–H and O–H groups in total. The van der Waals surface area contributed by atoms with Gasteiger partial charge in [-0.25, -0.2) is 4.79 Å². The number of nitrogens with zero attached hydrogens (tertiary/aromatic N) is 1. The van der Waals surface area contributed by atoms with Crippen LogP contribution < -0.4 is 24.7 Å². The van der Waals surface area contributed by atoms with Crippen LogP contribution in [0.5, 0.6) is 23.0 Å². The van der Waals surface area contributed by atoms with Gasteiger partial charge in [0.15, 0.2) is 0 Å². The van der Waals surface area contributed by atoms with Crippen LogP contribution in [-0.4, -0.2) is 13.1 Å². The van der Waals surface area contributed by atoms with Crippen molar-refractivity contribution in [3.05, 3.63) is 130 Å². The molecule has 0 aliphatic carbocycles. The lowest BCUT2D eigenvalue weighted by molar-refractivity contribution is 0.0734. The lowest BCUT2D eigenvalue weighted by atomic mass is 9.83. The normalized spacial score (nSPS) is 14.0. The van der Waals surface area contributed by atoms with Crippen LogP contribution in [0.3, 0.4) is 0 Å². The highest BCUT2D eigenvalue weighted by Gasteiger charge is 2.31. The van der Waals surface area contributed by atoms with E-state index in [-0.39, 0.29) is 5.88 Å². The second-order valence-corrected chi connectivity index (χ2v) is 9.09. The third-order valence-corrected chi connectivity index (χ3v) is 6.47. The van der Waals surface area contributed by atoms with Crippen LogP contribution in [0.1, 0.15) is 38.5 Å².